The van der Waals surface area contributed by atoms with Crippen molar-refractivity contribution < 1.29 is 13.9 Å². The van der Waals surface area contributed by atoms with Gasteiger partial charge in [0.15, 0.2) is 0 Å². The zero-order chi connectivity index (χ0) is 12.3. The first-order valence-electron chi connectivity index (χ1n) is 5.54. The fourth-order valence-electron chi connectivity index (χ4n) is 1.83. The molecule has 0 spiro atoms. The van der Waals surface area contributed by atoms with Crippen LogP contribution in [0.5, 0.6) is 0 Å². The number of hydrogen-bond donors (Lipinski definition) is 1. The summed E-state index contributed by atoms with van der Waals surface area (Å²) in [6.45, 7) is 2.85. The number of benzene rings is 1. The van der Waals surface area contributed by atoms with Crippen molar-refractivity contribution in [2.75, 3.05) is 13.2 Å². The third-order valence-electron chi connectivity index (χ3n) is 2.59. The quantitative estimate of drug-likeness (QED) is 0.867. The van der Waals surface area contributed by atoms with Gasteiger partial charge in [-0.1, -0.05) is 12.1 Å². The molecule has 1 aromatic carbocycles. The third-order valence-corrected chi connectivity index (χ3v) is 2.59. The van der Waals surface area contributed by atoms with E-state index in [0.717, 1.165) is 5.56 Å². The van der Waals surface area contributed by atoms with Crippen LogP contribution >= 0.6 is 0 Å². The van der Waals surface area contributed by atoms with E-state index in [2.05, 4.69) is 4.99 Å². The lowest BCUT2D eigenvalue weighted by Crippen LogP contribution is -2.21. The molecule has 0 amide bonds. The van der Waals surface area contributed by atoms with Crippen molar-refractivity contribution in [1.29, 1.82) is 0 Å². The number of halogens is 1. The van der Waals surface area contributed by atoms with Gasteiger partial charge < -0.3 is 15.2 Å². The summed E-state index contributed by atoms with van der Waals surface area (Å²) in [6, 6.07) is 6.22. The third kappa shape index (κ3) is 2.74. The van der Waals surface area contributed by atoms with E-state index < -0.39 is 0 Å². The Bertz CT molecular complexity index is 405. The van der Waals surface area contributed by atoms with E-state index in [1.165, 1.54) is 12.1 Å². The van der Waals surface area contributed by atoms with Gasteiger partial charge in [-0.25, -0.2) is 9.38 Å². The van der Waals surface area contributed by atoms with Gasteiger partial charge in [-0.15, -0.1) is 0 Å². The second kappa shape index (κ2) is 5.14. The molecule has 2 rings (SSSR count). The Kier molecular flexibility index (Phi) is 3.58. The van der Waals surface area contributed by atoms with E-state index in [1.807, 2.05) is 6.92 Å². The number of aliphatic imine (C=N–C) groups is 1. The number of nitrogens with two attached hydrogens (primary N) is 1. The molecule has 17 heavy (non-hydrogen) atoms. The highest BCUT2D eigenvalue weighted by Crippen LogP contribution is 2.26. The highest BCUT2D eigenvalue weighted by molar-refractivity contribution is 5.73. The topological polar surface area (TPSA) is 56.8 Å². The maximum absolute atomic E-state index is 12.9. The molecule has 0 aromatic heterocycles. The molecule has 0 saturated carbocycles. The molecule has 0 aliphatic carbocycles. The minimum Gasteiger partial charge on any atom is -0.463 e. The van der Waals surface area contributed by atoms with Crippen LogP contribution in [-0.4, -0.2) is 25.3 Å². The molecule has 0 radical (unpaired) electrons. The number of nitrogens with zero attached hydrogens (tertiary/aromatic N) is 1. The van der Waals surface area contributed by atoms with Gasteiger partial charge in [0.2, 0.25) is 0 Å². The molecule has 2 atom stereocenters. The molecule has 1 aliphatic rings. The molecule has 4 nitrogen and oxygen atoms in total. The van der Waals surface area contributed by atoms with Crippen molar-refractivity contribution in [2.24, 2.45) is 10.7 Å². The molecule has 1 aromatic rings. The van der Waals surface area contributed by atoms with Gasteiger partial charge in [-0.2, -0.15) is 0 Å². The van der Waals surface area contributed by atoms with Crippen LogP contribution < -0.4 is 5.73 Å². The highest BCUT2D eigenvalue weighted by atomic mass is 19.1. The van der Waals surface area contributed by atoms with Crippen molar-refractivity contribution in [1.82, 2.24) is 0 Å². The zero-order valence-electron chi connectivity index (χ0n) is 9.60. The number of amidine groups is 1. The van der Waals surface area contributed by atoms with Crippen molar-refractivity contribution in [3.8, 4) is 0 Å². The maximum atomic E-state index is 12.9. The van der Waals surface area contributed by atoms with Crippen molar-refractivity contribution in [3.63, 3.8) is 0 Å². The summed E-state index contributed by atoms with van der Waals surface area (Å²) in [5.41, 5.74) is 6.35. The van der Waals surface area contributed by atoms with Gasteiger partial charge in [-0.3, -0.25) is 0 Å². The Labute approximate surface area is 99.2 Å². The highest BCUT2D eigenvalue weighted by Gasteiger charge is 2.28. The first kappa shape index (κ1) is 11.9. The van der Waals surface area contributed by atoms with Crippen LogP contribution in [0.4, 0.5) is 4.39 Å². The molecular weight excluding hydrogens is 223 g/mol. The van der Waals surface area contributed by atoms with E-state index >= 15 is 0 Å². The van der Waals surface area contributed by atoms with Crippen LogP contribution in [0, 0.1) is 5.82 Å². The van der Waals surface area contributed by atoms with Crippen molar-refractivity contribution >= 4 is 6.02 Å². The molecule has 92 valence electrons. The van der Waals surface area contributed by atoms with Crippen molar-refractivity contribution in [3.05, 3.63) is 35.6 Å². The van der Waals surface area contributed by atoms with Gasteiger partial charge >= 0.3 is 0 Å². The lowest BCUT2D eigenvalue weighted by Gasteiger charge is -2.20. The molecule has 0 unspecified atom stereocenters. The summed E-state index contributed by atoms with van der Waals surface area (Å²) >= 11 is 0. The summed E-state index contributed by atoms with van der Waals surface area (Å²) < 4.78 is 23.6. The number of hydrogen-bond acceptors (Lipinski definition) is 4. The first-order valence-corrected chi connectivity index (χ1v) is 5.54. The maximum Gasteiger partial charge on any atom is 0.282 e. The SMILES string of the molecule is CCO[C@@H](c1ccc(F)cc1)[C@@H]1COC(N)=N1. The number of rotatable bonds is 4. The van der Waals surface area contributed by atoms with Crippen LogP contribution in [0.25, 0.3) is 0 Å². The molecule has 1 heterocycles. The second-order valence-corrected chi connectivity index (χ2v) is 3.77. The summed E-state index contributed by atoms with van der Waals surface area (Å²) in [4.78, 5) is 4.16. The predicted molar refractivity (Wildman–Crippen MR) is 62.1 cm³/mol. The van der Waals surface area contributed by atoms with Gasteiger partial charge in [0, 0.05) is 6.61 Å². The molecule has 2 N–H and O–H groups in total. The average Bonchev–Trinajstić information content (AvgIpc) is 2.74. The van der Waals surface area contributed by atoms with Crippen LogP contribution in [0.1, 0.15) is 18.6 Å². The van der Waals surface area contributed by atoms with Gasteiger partial charge in [0.1, 0.15) is 24.6 Å². The summed E-state index contributed by atoms with van der Waals surface area (Å²) in [5.74, 6) is -0.269. The van der Waals surface area contributed by atoms with Gasteiger partial charge in [-0.05, 0) is 24.6 Å². The Hall–Kier alpha value is -1.62. The molecule has 0 fully saturated rings. The largest absolute Gasteiger partial charge is 0.463 e. The summed E-state index contributed by atoms with van der Waals surface area (Å²) in [7, 11) is 0. The van der Waals surface area contributed by atoms with Gasteiger partial charge in [0.05, 0.1) is 0 Å². The number of ether oxygens (including phenoxy) is 2. The van der Waals surface area contributed by atoms with Crippen LogP contribution in [0.2, 0.25) is 0 Å². The lowest BCUT2D eigenvalue weighted by molar-refractivity contribution is 0.0374. The van der Waals surface area contributed by atoms with E-state index in [-0.39, 0.29) is 24.0 Å². The summed E-state index contributed by atoms with van der Waals surface area (Å²) in [6.07, 6.45) is -0.248. The first-order chi connectivity index (χ1) is 8.20. The monoisotopic (exact) mass is 238 g/mol. The average molecular weight is 238 g/mol. The van der Waals surface area contributed by atoms with E-state index in [9.17, 15) is 4.39 Å². The standard InChI is InChI=1S/C12H15FN2O2/c1-2-16-11(10-7-17-12(14)15-10)8-3-5-9(13)6-4-8/h3-6,10-11H,2,7H2,1H3,(H2,14,15)/t10-,11-/m0/s1. The molecule has 0 bridgehead atoms. The van der Waals surface area contributed by atoms with Crippen LogP contribution in [-0.2, 0) is 9.47 Å². The fourth-order valence-corrected chi connectivity index (χ4v) is 1.83. The summed E-state index contributed by atoms with van der Waals surface area (Å²) in [5, 5.41) is 0. The Morgan fingerprint density at radius 1 is 1.53 bits per heavy atom. The van der Waals surface area contributed by atoms with Crippen molar-refractivity contribution in [2.45, 2.75) is 19.1 Å². The Morgan fingerprint density at radius 2 is 2.24 bits per heavy atom. The van der Waals surface area contributed by atoms with Crippen LogP contribution in [0.15, 0.2) is 29.3 Å². The molecule has 5 heteroatoms. The molecular formula is C12H15FN2O2. The fraction of sp³-hybridized carbons (Fsp3) is 0.417. The minimum atomic E-state index is -0.269. The lowest BCUT2D eigenvalue weighted by atomic mass is 10.0. The predicted octanol–water partition coefficient (Wildman–Crippen LogP) is 1.62. The van der Waals surface area contributed by atoms with Gasteiger partial charge in [0.25, 0.3) is 6.02 Å². The van der Waals surface area contributed by atoms with E-state index in [1.54, 1.807) is 12.1 Å². The Balaban J connectivity index is 2.19. The van der Waals surface area contributed by atoms with E-state index in [4.69, 9.17) is 15.2 Å². The second-order valence-electron chi connectivity index (χ2n) is 3.77. The normalized spacial score (nSPS) is 20.8. The smallest absolute Gasteiger partial charge is 0.282 e. The Morgan fingerprint density at radius 3 is 2.76 bits per heavy atom. The molecule has 1 aliphatic heterocycles. The minimum absolute atomic E-state index is 0.166. The van der Waals surface area contributed by atoms with E-state index in [0.29, 0.717) is 13.2 Å². The zero-order valence-corrected chi connectivity index (χ0v) is 9.60. The molecule has 0 saturated heterocycles. The van der Waals surface area contributed by atoms with Crippen LogP contribution in [0.3, 0.4) is 0 Å².